The second-order valence-electron chi connectivity index (χ2n) is 6.16. The first-order valence-corrected chi connectivity index (χ1v) is 7.81. The van der Waals surface area contributed by atoms with E-state index >= 15 is 0 Å². The number of rotatable bonds is 6. The van der Waals surface area contributed by atoms with Gasteiger partial charge in [-0.25, -0.2) is 0 Å². The summed E-state index contributed by atoms with van der Waals surface area (Å²) in [6.45, 7) is 6.14. The van der Waals surface area contributed by atoms with Crippen molar-refractivity contribution in [2.24, 2.45) is 0 Å². The molecule has 1 fully saturated rings. The lowest BCUT2D eigenvalue weighted by molar-refractivity contribution is 0.242. The Hall–Kier alpha value is -1.06. The Labute approximate surface area is 123 Å². The average molecular weight is 276 g/mol. The Morgan fingerprint density at radius 3 is 2.70 bits per heavy atom. The maximum atomic E-state index is 9.99. The molecule has 1 aliphatic rings. The Morgan fingerprint density at radius 1 is 1.35 bits per heavy atom. The predicted octanol–water partition coefficient (Wildman–Crippen LogP) is 3.23. The molecule has 0 aromatic heterocycles. The van der Waals surface area contributed by atoms with Gasteiger partial charge in [-0.15, -0.1) is 0 Å². The Balaban J connectivity index is 1.78. The molecule has 0 radical (unpaired) electrons. The van der Waals surface area contributed by atoms with Crippen LogP contribution in [0, 0.1) is 6.92 Å². The number of likely N-dealkylation sites (N-methyl/N-ethyl adjacent to an activating group) is 1. The van der Waals surface area contributed by atoms with E-state index in [0.29, 0.717) is 5.75 Å². The zero-order valence-electron chi connectivity index (χ0n) is 13.0. The van der Waals surface area contributed by atoms with E-state index in [0.717, 1.165) is 30.3 Å². The third kappa shape index (κ3) is 3.97. The lowest BCUT2D eigenvalue weighted by Gasteiger charge is -2.25. The fourth-order valence-electron chi connectivity index (χ4n) is 3.11. The second-order valence-corrected chi connectivity index (χ2v) is 6.16. The predicted molar refractivity (Wildman–Crippen MR) is 84.1 cm³/mol. The van der Waals surface area contributed by atoms with Gasteiger partial charge in [0, 0.05) is 30.7 Å². The van der Waals surface area contributed by atoms with Crippen LogP contribution in [0.4, 0.5) is 0 Å². The van der Waals surface area contributed by atoms with E-state index in [2.05, 4.69) is 30.3 Å². The van der Waals surface area contributed by atoms with Gasteiger partial charge in [0.1, 0.15) is 5.75 Å². The lowest BCUT2D eigenvalue weighted by atomic mass is 10.1. The van der Waals surface area contributed by atoms with Crippen LogP contribution >= 0.6 is 0 Å². The molecule has 1 aromatic rings. The van der Waals surface area contributed by atoms with Crippen molar-refractivity contribution in [3.8, 4) is 5.75 Å². The lowest BCUT2D eigenvalue weighted by Crippen LogP contribution is -2.36. The molecule has 2 rings (SSSR count). The van der Waals surface area contributed by atoms with Gasteiger partial charge in [-0.3, -0.25) is 0 Å². The van der Waals surface area contributed by atoms with Gasteiger partial charge in [-0.05, 0) is 45.4 Å². The molecule has 20 heavy (non-hydrogen) atoms. The largest absolute Gasteiger partial charge is 0.508 e. The SMILES string of the molecule is Cc1ccc(C(C)NCCN(C)C2CCCC2)c(O)c1. The van der Waals surface area contributed by atoms with Crippen molar-refractivity contribution in [2.45, 2.75) is 51.6 Å². The quantitative estimate of drug-likeness (QED) is 0.837. The smallest absolute Gasteiger partial charge is 0.120 e. The molecular weight excluding hydrogens is 248 g/mol. The van der Waals surface area contributed by atoms with Crippen LogP contribution in [0.2, 0.25) is 0 Å². The molecule has 1 atom stereocenters. The van der Waals surface area contributed by atoms with Crippen LogP contribution in [0.5, 0.6) is 5.75 Å². The fraction of sp³-hybridized carbons (Fsp3) is 0.647. The van der Waals surface area contributed by atoms with E-state index in [9.17, 15) is 5.11 Å². The minimum atomic E-state index is 0.188. The van der Waals surface area contributed by atoms with Crippen molar-refractivity contribution < 1.29 is 5.11 Å². The van der Waals surface area contributed by atoms with E-state index in [4.69, 9.17) is 0 Å². The molecule has 0 aliphatic heterocycles. The summed E-state index contributed by atoms with van der Waals surface area (Å²) in [5, 5.41) is 13.5. The molecule has 0 saturated heterocycles. The van der Waals surface area contributed by atoms with Crippen molar-refractivity contribution in [3.63, 3.8) is 0 Å². The normalized spacial score (nSPS) is 17.8. The van der Waals surface area contributed by atoms with Crippen molar-refractivity contribution in [1.29, 1.82) is 0 Å². The van der Waals surface area contributed by atoms with E-state index in [1.54, 1.807) is 0 Å². The highest BCUT2D eigenvalue weighted by Crippen LogP contribution is 2.25. The van der Waals surface area contributed by atoms with Crippen LogP contribution in [0.15, 0.2) is 18.2 Å². The highest BCUT2D eigenvalue weighted by molar-refractivity contribution is 5.37. The highest BCUT2D eigenvalue weighted by atomic mass is 16.3. The van der Waals surface area contributed by atoms with Crippen LogP contribution in [0.1, 0.15) is 49.8 Å². The summed E-state index contributed by atoms with van der Waals surface area (Å²) in [6, 6.07) is 6.87. The summed E-state index contributed by atoms with van der Waals surface area (Å²) in [4.78, 5) is 2.47. The van der Waals surface area contributed by atoms with Crippen LogP contribution in [-0.2, 0) is 0 Å². The summed E-state index contributed by atoms with van der Waals surface area (Å²) >= 11 is 0. The number of hydrogen-bond donors (Lipinski definition) is 2. The molecular formula is C17H28N2O. The molecule has 112 valence electrons. The average Bonchev–Trinajstić information content (AvgIpc) is 2.92. The van der Waals surface area contributed by atoms with Gasteiger partial charge < -0.3 is 15.3 Å². The first kappa shape index (κ1) is 15.3. The van der Waals surface area contributed by atoms with Gasteiger partial charge in [0.15, 0.2) is 0 Å². The molecule has 0 heterocycles. The zero-order valence-corrected chi connectivity index (χ0v) is 13.0. The summed E-state index contributed by atoms with van der Waals surface area (Å²) < 4.78 is 0. The number of nitrogens with zero attached hydrogens (tertiary/aromatic N) is 1. The van der Waals surface area contributed by atoms with Gasteiger partial charge >= 0.3 is 0 Å². The van der Waals surface area contributed by atoms with Gasteiger partial charge in [0.05, 0.1) is 0 Å². The number of phenols is 1. The zero-order chi connectivity index (χ0) is 14.5. The van der Waals surface area contributed by atoms with Gasteiger partial charge in [0.25, 0.3) is 0 Å². The molecule has 1 unspecified atom stereocenters. The number of nitrogens with one attached hydrogen (secondary N) is 1. The minimum Gasteiger partial charge on any atom is -0.508 e. The third-order valence-electron chi connectivity index (χ3n) is 4.52. The Bertz CT molecular complexity index is 427. The van der Waals surface area contributed by atoms with Gasteiger partial charge in [-0.2, -0.15) is 0 Å². The first-order valence-electron chi connectivity index (χ1n) is 7.81. The molecule has 0 bridgehead atoms. The summed E-state index contributed by atoms with van der Waals surface area (Å²) in [5.74, 6) is 0.397. The minimum absolute atomic E-state index is 0.188. The number of phenolic OH excluding ortho intramolecular Hbond substituents is 1. The summed E-state index contributed by atoms with van der Waals surface area (Å²) in [6.07, 6.45) is 5.47. The van der Waals surface area contributed by atoms with Crippen LogP contribution in [-0.4, -0.2) is 36.2 Å². The molecule has 3 heteroatoms. The molecule has 1 aliphatic carbocycles. The van der Waals surface area contributed by atoms with E-state index in [1.165, 1.54) is 25.7 Å². The summed E-state index contributed by atoms with van der Waals surface area (Å²) in [5.41, 5.74) is 2.08. The molecule has 0 spiro atoms. The molecule has 2 N–H and O–H groups in total. The summed E-state index contributed by atoms with van der Waals surface area (Å²) in [7, 11) is 2.23. The monoisotopic (exact) mass is 276 g/mol. The topological polar surface area (TPSA) is 35.5 Å². The fourth-order valence-corrected chi connectivity index (χ4v) is 3.11. The van der Waals surface area contributed by atoms with Crippen molar-refractivity contribution in [3.05, 3.63) is 29.3 Å². The number of benzene rings is 1. The van der Waals surface area contributed by atoms with E-state index in [1.807, 2.05) is 19.1 Å². The molecule has 0 amide bonds. The van der Waals surface area contributed by atoms with Crippen molar-refractivity contribution >= 4 is 0 Å². The van der Waals surface area contributed by atoms with Crippen molar-refractivity contribution in [2.75, 3.05) is 20.1 Å². The van der Waals surface area contributed by atoms with Crippen LogP contribution < -0.4 is 5.32 Å². The maximum absolute atomic E-state index is 9.99. The first-order chi connectivity index (χ1) is 9.58. The standard InChI is InChI=1S/C17H28N2O/c1-13-8-9-16(17(20)12-13)14(2)18-10-11-19(3)15-6-4-5-7-15/h8-9,12,14-15,18,20H,4-7,10-11H2,1-3H3. The van der Waals surface area contributed by atoms with Crippen LogP contribution in [0.25, 0.3) is 0 Å². The Morgan fingerprint density at radius 2 is 2.05 bits per heavy atom. The molecule has 3 nitrogen and oxygen atoms in total. The molecule has 1 aromatic carbocycles. The number of aromatic hydroxyl groups is 1. The van der Waals surface area contributed by atoms with E-state index in [-0.39, 0.29) is 6.04 Å². The van der Waals surface area contributed by atoms with Crippen molar-refractivity contribution in [1.82, 2.24) is 10.2 Å². The van der Waals surface area contributed by atoms with E-state index < -0.39 is 0 Å². The van der Waals surface area contributed by atoms with Gasteiger partial charge in [0.2, 0.25) is 0 Å². The van der Waals surface area contributed by atoms with Crippen LogP contribution in [0.3, 0.4) is 0 Å². The highest BCUT2D eigenvalue weighted by Gasteiger charge is 2.19. The molecule has 1 saturated carbocycles. The maximum Gasteiger partial charge on any atom is 0.120 e. The third-order valence-corrected chi connectivity index (χ3v) is 4.52. The second kappa shape index (κ2) is 7.09. The number of hydrogen-bond acceptors (Lipinski definition) is 3. The number of aryl methyl sites for hydroxylation is 1. The van der Waals surface area contributed by atoms with Gasteiger partial charge in [-0.1, -0.05) is 25.0 Å². The Kier molecular flexibility index (Phi) is 5.44.